The van der Waals surface area contributed by atoms with Gasteiger partial charge >= 0.3 is 6.09 Å². The van der Waals surface area contributed by atoms with Crippen molar-refractivity contribution < 1.29 is 22.8 Å². The van der Waals surface area contributed by atoms with Crippen LogP contribution in [0.1, 0.15) is 45.4 Å². The molecule has 2 aromatic heterocycles. The first-order valence-corrected chi connectivity index (χ1v) is 9.76. The van der Waals surface area contributed by atoms with Gasteiger partial charge in [0.2, 0.25) is 11.7 Å². The fourth-order valence-corrected chi connectivity index (χ4v) is 3.08. The average molecular weight is 451 g/mol. The molecule has 2 heterocycles. The van der Waals surface area contributed by atoms with Gasteiger partial charge in [-0.3, -0.25) is 4.98 Å². The topological polar surface area (TPSA) is 90.1 Å². The standard InChI is InChI=1S/C21H21ClF2N4O3/c1-10(30-20(29)27-21(3,4)5)18-16(24)6-12(9-25-18)14-7-13(22)8-15(23)17(14)19-26-11(2)31-28-19/h6-10H,1-5H3,(H,27,29). The number of benzene rings is 1. The monoisotopic (exact) mass is 450 g/mol. The van der Waals surface area contributed by atoms with Gasteiger partial charge in [0.1, 0.15) is 23.4 Å². The second-order valence-corrected chi connectivity index (χ2v) is 8.40. The minimum atomic E-state index is -0.952. The average Bonchev–Trinajstić information content (AvgIpc) is 3.04. The molecule has 0 bridgehead atoms. The number of halogens is 3. The lowest BCUT2D eigenvalue weighted by atomic mass is 9.99. The number of alkyl carbamates (subject to hydrolysis) is 1. The maximum atomic E-state index is 14.9. The highest BCUT2D eigenvalue weighted by Gasteiger charge is 2.23. The lowest BCUT2D eigenvalue weighted by molar-refractivity contribution is 0.0961. The molecule has 3 aromatic rings. The lowest BCUT2D eigenvalue weighted by Crippen LogP contribution is -2.41. The first kappa shape index (κ1) is 22.6. The summed E-state index contributed by atoms with van der Waals surface area (Å²) in [6.45, 7) is 8.44. The summed E-state index contributed by atoms with van der Waals surface area (Å²) < 4.78 is 39.7. The summed E-state index contributed by atoms with van der Waals surface area (Å²) in [4.78, 5) is 20.1. The summed E-state index contributed by atoms with van der Waals surface area (Å²) in [5, 5.41) is 6.48. The molecule has 0 radical (unpaired) electrons. The van der Waals surface area contributed by atoms with E-state index in [1.165, 1.54) is 19.2 Å². The number of nitrogens with one attached hydrogen (secondary N) is 1. The van der Waals surface area contributed by atoms with Crippen LogP contribution in [0.25, 0.3) is 22.5 Å². The molecule has 1 amide bonds. The van der Waals surface area contributed by atoms with E-state index < -0.39 is 29.4 Å². The van der Waals surface area contributed by atoms with Crippen molar-refractivity contribution in [1.29, 1.82) is 0 Å². The van der Waals surface area contributed by atoms with Crippen molar-refractivity contribution in [2.45, 2.75) is 46.3 Å². The van der Waals surface area contributed by atoms with Crippen LogP contribution in [-0.2, 0) is 4.74 Å². The Bertz CT molecular complexity index is 1130. The first-order chi connectivity index (χ1) is 14.4. The van der Waals surface area contributed by atoms with Gasteiger partial charge in [0.15, 0.2) is 0 Å². The fourth-order valence-electron chi connectivity index (χ4n) is 2.88. The molecule has 0 saturated heterocycles. The number of ether oxygens (including phenoxy) is 1. The number of rotatable bonds is 4. The van der Waals surface area contributed by atoms with Gasteiger partial charge in [0.25, 0.3) is 0 Å². The summed E-state index contributed by atoms with van der Waals surface area (Å²) in [7, 11) is 0. The molecule has 0 aliphatic rings. The number of hydrogen-bond acceptors (Lipinski definition) is 6. The van der Waals surface area contributed by atoms with E-state index in [9.17, 15) is 13.6 Å². The second-order valence-electron chi connectivity index (χ2n) is 7.96. The van der Waals surface area contributed by atoms with Crippen molar-refractivity contribution in [3.63, 3.8) is 0 Å². The molecule has 0 spiro atoms. The predicted molar refractivity (Wildman–Crippen MR) is 110 cm³/mol. The molecule has 3 rings (SSSR count). The molecule has 31 heavy (non-hydrogen) atoms. The molecule has 0 fully saturated rings. The third kappa shape index (κ3) is 5.35. The zero-order valence-corrected chi connectivity index (χ0v) is 18.3. The van der Waals surface area contributed by atoms with Crippen molar-refractivity contribution >= 4 is 17.7 Å². The molecule has 0 saturated carbocycles. The molecule has 1 unspecified atom stereocenters. The number of aryl methyl sites for hydroxylation is 1. The summed E-state index contributed by atoms with van der Waals surface area (Å²) in [5.41, 5.74) is -0.0988. The van der Waals surface area contributed by atoms with Gasteiger partial charge in [-0.25, -0.2) is 13.6 Å². The molecule has 164 valence electrons. The van der Waals surface area contributed by atoms with E-state index >= 15 is 0 Å². The quantitative estimate of drug-likeness (QED) is 0.554. The molecular weight excluding hydrogens is 430 g/mol. The number of carbonyl (C=O) groups excluding carboxylic acids is 1. The van der Waals surface area contributed by atoms with Crippen LogP contribution >= 0.6 is 11.6 Å². The van der Waals surface area contributed by atoms with Gasteiger partial charge in [-0.05, 0) is 51.5 Å². The molecule has 1 aromatic carbocycles. The van der Waals surface area contributed by atoms with E-state index in [1.54, 1.807) is 27.7 Å². The van der Waals surface area contributed by atoms with Crippen molar-refractivity contribution in [1.82, 2.24) is 20.4 Å². The third-order valence-electron chi connectivity index (χ3n) is 4.13. The fraction of sp³-hybridized carbons (Fsp3) is 0.333. The van der Waals surface area contributed by atoms with Crippen LogP contribution in [-0.4, -0.2) is 26.8 Å². The molecular formula is C21H21ClF2N4O3. The Labute approximate surface area is 182 Å². The molecule has 0 aliphatic carbocycles. The number of carbonyl (C=O) groups is 1. The smallest absolute Gasteiger partial charge is 0.408 e. The van der Waals surface area contributed by atoms with E-state index in [1.807, 2.05) is 0 Å². The zero-order chi connectivity index (χ0) is 22.9. The Morgan fingerprint density at radius 3 is 2.52 bits per heavy atom. The summed E-state index contributed by atoms with van der Waals surface area (Å²) in [6, 6.07) is 3.72. The van der Waals surface area contributed by atoms with E-state index in [4.69, 9.17) is 20.9 Å². The Balaban J connectivity index is 1.96. The number of nitrogens with zero attached hydrogens (tertiary/aromatic N) is 3. The maximum absolute atomic E-state index is 14.9. The summed E-state index contributed by atoms with van der Waals surface area (Å²) >= 11 is 6.01. The minimum Gasteiger partial charge on any atom is -0.440 e. The maximum Gasteiger partial charge on any atom is 0.408 e. The van der Waals surface area contributed by atoms with Gasteiger partial charge in [-0.2, -0.15) is 4.98 Å². The highest BCUT2D eigenvalue weighted by Crippen LogP contribution is 2.36. The predicted octanol–water partition coefficient (Wildman–Crippen LogP) is 5.62. The highest BCUT2D eigenvalue weighted by molar-refractivity contribution is 6.31. The number of amides is 1. The van der Waals surface area contributed by atoms with Crippen LogP contribution in [0.3, 0.4) is 0 Å². The van der Waals surface area contributed by atoms with Crippen LogP contribution < -0.4 is 5.32 Å². The molecule has 10 heteroatoms. The van der Waals surface area contributed by atoms with Crippen LogP contribution in [0.5, 0.6) is 0 Å². The van der Waals surface area contributed by atoms with Gasteiger partial charge in [-0.15, -0.1) is 0 Å². The van der Waals surface area contributed by atoms with E-state index in [0.29, 0.717) is 0 Å². The Morgan fingerprint density at radius 1 is 1.23 bits per heavy atom. The summed E-state index contributed by atoms with van der Waals surface area (Å²) in [6.07, 6.45) is -0.314. The van der Waals surface area contributed by atoms with E-state index in [-0.39, 0.29) is 39.1 Å². The van der Waals surface area contributed by atoms with Gasteiger partial charge in [0, 0.05) is 29.2 Å². The van der Waals surface area contributed by atoms with Crippen LogP contribution in [0.2, 0.25) is 5.02 Å². The van der Waals surface area contributed by atoms with Gasteiger partial charge in [-0.1, -0.05) is 16.8 Å². The number of hydrogen-bond donors (Lipinski definition) is 1. The number of aromatic nitrogens is 3. The Morgan fingerprint density at radius 2 is 1.94 bits per heavy atom. The minimum absolute atomic E-state index is 0.00158. The van der Waals surface area contributed by atoms with Crippen LogP contribution in [0.4, 0.5) is 13.6 Å². The lowest BCUT2D eigenvalue weighted by Gasteiger charge is -2.22. The van der Waals surface area contributed by atoms with Crippen molar-refractivity contribution in [2.75, 3.05) is 0 Å². The van der Waals surface area contributed by atoms with E-state index in [0.717, 1.165) is 12.1 Å². The Hall–Kier alpha value is -3.07. The second kappa shape index (κ2) is 8.58. The van der Waals surface area contributed by atoms with E-state index in [2.05, 4.69) is 20.4 Å². The van der Waals surface area contributed by atoms with Crippen molar-refractivity contribution in [2.24, 2.45) is 0 Å². The zero-order valence-electron chi connectivity index (χ0n) is 17.6. The first-order valence-electron chi connectivity index (χ1n) is 9.39. The third-order valence-corrected chi connectivity index (χ3v) is 4.35. The SMILES string of the molecule is Cc1nc(-c2c(F)cc(Cl)cc2-c2cnc(C(C)OC(=O)NC(C)(C)C)c(F)c2)no1. The van der Waals surface area contributed by atoms with Crippen LogP contribution in [0, 0.1) is 18.6 Å². The van der Waals surface area contributed by atoms with Gasteiger partial charge in [0.05, 0.1) is 5.56 Å². The molecule has 7 nitrogen and oxygen atoms in total. The largest absolute Gasteiger partial charge is 0.440 e. The van der Waals surface area contributed by atoms with Crippen LogP contribution in [0.15, 0.2) is 28.9 Å². The summed E-state index contributed by atoms with van der Waals surface area (Å²) in [5.74, 6) is -1.18. The Kier molecular flexibility index (Phi) is 6.26. The van der Waals surface area contributed by atoms with Crippen molar-refractivity contribution in [3.8, 4) is 22.5 Å². The molecule has 1 atom stereocenters. The molecule has 1 N–H and O–H groups in total. The van der Waals surface area contributed by atoms with Gasteiger partial charge < -0.3 is 14.6 Å². The highest BCUT2D eigenvalue weighted by atomic mass is 35.5. The normalized spacial score (nSPS) is 12.5. The number of pyridine rings is 1. The molecule has 0 aliphatic heterocycles. The van der Waals surface area contributed by atoms with Crippen molar-refractivity contribution in [3.05, 3.63) is 52.6 Å².